The summed E-state index contributed by atoms with van der Waals surface area (Å²) < 4.78 is 12.9. The van der Waals surface area contributed by atoms with Crippen LogP contribution in [0.2, 0.25) is 0 Å². The van der Waals surface area contributed by atoms with Gasteiger partial charge in [-0.25, -0.2) is 4.98 Å². The molecule has 0 saturated carbocycles. The molecule has 1 aromatic heterocycles. The molecule has 25 heavy (non-hydrogen) atoms. The molecule has 0 N–H and O–H groups in total. The number of thioether (sulfide) groups is 1. The molecule has 2 aromatic carbocycles. The fourth-order valence-corrected chi connectivity index (χ4v) is 4.02. The number of fused-ring (bicyclic) bond motifs is 1. The first-order chi connectivity index (χ1) is 12.3. The molecular weight excluding hydrogens is 332 g/mol. The Morgan fingerprint density at radius 1 is 0.880 bits per heavy atom. The Bertz CT molecular complexity index is 870. The van der Waals surface area contributed by atoms with Crippen LogP contribution in [-0.2, 0) is 12.3 Å². The quantitative estimate of drug-likeness (QED) is 0.694. The second-order valence-electron chi connectivity index (χ2n) is 5.89. The lowest BCUT2D eigenvalue weighted by Gasteiger charge is -2.17. The van der Waals surface area contributed by atoms with Crippen LogP contribution in [-0.4, -0.2) is 29.5 Å². The number of aromatic nitrogens is 2. The number of benzene rings is 2. The third-order valence-electron chi connectivity index (χ3n) is 4.46. The van der Waals surface area contributed by atoms with E-state index in [1.165, 1.54) is 5.69 Å². The molecule has 0 atom stereocenters. The maximum atomic E-state index is 5.30. The maximum absolute atomic E-state index is 5.30. The van der Waals surface area contributed by atoms with Gasteiger partial charge in [0.2, 0.25) is 0 Å². The summed E-state index contributed by atoms with van der Waals surface area (Å²) in [6, 6.07) is 16.4. The van der Waals surface area contributed by atoms with Gasteiger partial charge in [0.25, 0.3) is 0 Å². The lowest BCUT2D eigenvalue weighted by atomic mass is 10.0. The lowest BCUT2D eigenvalue weighted by molar-refractivity contribution is 0.414. The smallest absolute Gasteiger partial charge is 0.119 e. The van der Waals surface area contributed by atoms with Gasteiger partial charge in [-0.1, -0.05) is 0 Å². The van der Waals surface area contributed by atoms with Gasteiger partial charge in [0.15, 0.2) is 0 Å². The third kappa shape index (κ3) is 3.00. The molecule has 128 valence electrons. The van der Waals surface area contributed by atoms with E-state index in [0.29, 0.717) is 0 Å². The molecular formula is C20H20N2O2S. The zero-order chi connectivity index (χ0) is 17.2. The highest BCUT2D eigenvalue weighted by Crippen LogP contribution is 2.36. The molecule has 0 spiro atoms. The minimum absolute atomic E-state index is 0.856. The van der Waals surface area contributed by atoms with Gasteiger partial charge in [-0.15, -0.1) is 0 Å². The Hall–Kier alpha value is -2.40. The first kappa shape index (κ1) is 16.1. The summed E-state index contributed by atoms with van der Waals surface area (Å²) in [6.07, 6.45) is 0. The fraction of sp³-hybridized carbons (Fsp3) is 0.250. The first-order valence-corrected chi connectivity index (χ1v) is 9.41. The minimum Gasteiger partial charge on any atom is -0.497 e. The average Bonchev–Trinajstić information content (AvgIpc) is 3.07. The van der Waals surface area contributed by atoms with Gasteiger partial charge in [0.05, 0.1) is 31.4 Å². The van der Waals surface area contributed by atoms with Gasteiger partial charge in [0.1, 0.15) is 17.3 Å². The SMILES string of the molecule is COc1ccc(-c2nc3n(c2-c2ccc(OC)cc2)CCSC3)cc1. The topological polar surface area (TPSA) is 36.3 Å². The molecule has 0 bridgehead atoms. The fourth-order valence-electron chi connectivity index (χ4n) is 3.16. The van der Waals surface area contributed by atoms with Crippen molar-refractivity contribution < 1.29 is 9.47 Å². The molecule has 2 heterocycles. The van der Waals surface area contributed by atoms with E-state index in [4.69, 9.17) is 14.5 Å². The molecule has 0 aliphatic carbocycles. The van der Waals surface area contributed by atoms with Gasteiger partial charge >= 0.3 is 0 Å². The summed E-state index contributed by atoms with van der Waals surface area (Å²) >= 11 is 1.94. The lowest BCUT2D eigenvalue weighted by Crippen LogP contribution is -2.11. The summed E-state index contributed by atoms with van der Waals surface area (Å²) in [5.41, 5.74) is 4.49. The Labute approximate surface area is 151 Å². The van der Waals surface area contributed by atoms with Crippen molar-refractivity contribution in [1.82, 2.24) is 9.55 Å². The number of methoxy groups -OCH3 is 2. The summed E-state index contributed by atoms with van der Waals surface area (Å²) in [6.45, 7) is 0.991. The van der Waals surface area contributed by atoms with Crippen molar-refractivity contribution in [1.29, 1.82) is 0 Å². The second kappa shape index (κ2) is 6.84. The maximum Gasteiger partial charge on any atom is 0.119 e. The predicted molar refractivity (Wildman–Crippen MR) is 102 cm³/mol. The predicted octanol–water partition coefficient (Wildman–Crippen LogP) is 4.48. The van der Waals surface area contributed by atoms with Crippen molar-refractivity contribution >= 4 is 11.8 Å². The van der Waals surface area contributed by atoms with Crippen molar-refractivity contribution in [3.05, 3.63) is 54.4 Å². The first-order valence-electron chi connectivity index (χ1n) is 8.26. The van der Waals surface area contributed by atoms with E-state index in [9.17, 15) is 0 Å². The van der Waals surface area contributed by atoms with Crippen molar-refractivity contribution in [2.45, 2.75) is 12.3 Å². The van der Waals surface area contributed by atoms with Gasteiger partial charge in [-0.05, 0) is 48.5 Å². The second-order valence-corrected chi connectivity index (χ2v) is 6.99. The van der Waals surface area contributed by atoms with E-state index in [0.717, 1.165) is 52.2 Å². The molecule has 0 fully saturated rings. The normalized spacial score (nSPS) is 13.4. The van der Waals surface area contributed by atoms with E-state index in [2.05, 4.69) is 28.8 Å². The highest BCUT2D eigenvalue weighted by molar-refractivity contribution is 7.98. The van der Waals surface area contributed by atoms with Gasteiger partial charge in [0, 0.05) is 23.4 Å². The summed E-state index contributed by atoms with van der Waals surface area (Å²) in [7, 11) is 3.38. The zero-order valence-electron chi connectivity index (χ0n) is 14.4. The van der Waals surface area contributed by atoms with Crippen molar-refractivity contribution in [2.75, 3.05) is 20.0 Å². The number of rotatable bonds is 4. The highest BCUT2D eigenvalue weighted by atomic mass is 32.2. The molecule has 3 aromatic rings. The van der Waals surface area contributed by atoms with E-state index >= 15 is 0 Å². The Kier molecular flexibility index (Phi) is 4.40. The highest BCUT2D eigenvalue weighted by Gasteiger charge is 2.22. The van der Waals surface area contributed by atoms with Crippen LogP contribution in [0.25, 0.3) is 22.5 Å². The number of hydrogen-bond donors (Lipinski definition) is 0. The molecule has 0 saturated heterocycles. The van der Waals surface area contributed by atoms with Crippen molar-refractivity contribution in [3.63, 3.8) is 0 Å². The van der Waals surface area contributed by atoms with Gasteiger partial charge in [-0.3, -0.25) is 0 Å². The number of nitrogens with zero attached hydrogens (tertiary/aromatic N) is 2. The van der Waals surface area contributed by atoms with Crippen LogP contribution in [0, 0.1) is 0 Å². The van der Waals surface area contributed by atoms with E-state index in [-0.39, 0.29) is 0 Å². The monoisotopic (exact) mass is 352 g/mol. The van der Waals surface area contributed by atoms with Crippen LogP contribution >= 0.6 is 11.8 Å². The molecule has 4 nitrogen and oxygen atoms in total. The zero-order valence-corrected chi connectivity index (χ0v) is 15.2. The van der Waals surface area contributed by atoms with Crippen LogP contribution in [0.1, 0.15) is 5.82 Å². The van der Waals surface area contributed by atoms with Crippen LogP contribution in [0.5, 0.6) is 11.5 Å². The van der Waals surface area contributed by atoms with Crippen LogP contribution < -0.4 is 9.47 Å². The molecule has 5 heteroatoms. The van der Waals surface area contributed by atoms with Gasteiger partial charge in [-0.2, -0.15) is 11.8 Å². The van der Waals surface area contributed by atoms with Crippen molar-refractivity contribution in [3.8, 4) is 34.0 Å². The molecule has 1 aliphatic rings. The van der Waals surface area contributed by atoms with Crippen molar-refractivity contribution in [2.24, 2.45) is 0 Å². The Morgan fingerprint density at radius 2 is 1.48 bits per heavy atom. The van der Waals surface area contributed by atoms with E-state index in [1.807, 2.05) is 36.0 Å². The summed E-state index contributed by atoms with van der Waals surface area (Å²) in [4.78, 5) is 4.97. The van der Waals surface area contributed by atoms with Crippen LogP contribution in [0.4, 0.5) is 0 Å². The summed E-state index contributed by atoms with van der Waals surface area (Å²) in [5.74, 6) is 4.94. The van der Waals surface area contributed by atoms with E-state index < -0.39 is 0 Å². The molecule has 1 aliphatic heterocycles. The third-order valence-corrected chi connectivity index (χ3v) is 5.40. The largest absolute Gasteiger partial charge is 0.497 e. The van der Waals surface area contributed by atoms with Gasteiger partial charge < -0.3 is 14.0 Å². The van der Waals surface area contributed by atoms with Crippen LogP contribution in [0.15, 0.2) is 48.5 Å². The number of imidazole rings is 1. The average molecular weight is 352 g/mol. The Morgan fingerprint density at radius 3 is 2.08 bits per heavy atom. The Balaban J connectivity index is 1.86. The van der Waals surface area contributed by atoms with E-state index in [1.54, 1.807) is 14.2 Å². The minimum atomic E-state index is 0.856. The molecule has 0 radical (unpaired) electrons. The number of ether oxygens (including phenoxy) is 2. The molecule has 0 unspecified atom stereocenters. The summed E-state index contributed by atoms with van der Waals surface area (Å²) in [5, 5.41) is 0. The number of hydrogen-bond acceptors (Lipinski definition) is 4. The molecule has 0 amide bonds. The van der Waals surface area contributed by atoms with Crippen LogP contribution in [0.3, 0.4) is 0 Å². The standard InChI is InChI=1S/C20H20N2O2S/c1-23-16-7-3-14(4-8-16)19-20(15-5-9-17(24-2)10-6-15)22-11-12-25-13-18(22)21-19/h3-10H,11-13H2,1-2H3. The molecule has 4 rings (SSSR count).